The highest BCUT2D eigenvalue weighted by atomic mass is 32.1. The smallest absolute Gasteiger partial charge is 0.271 e. The predicted molar refractivity (Wildman–Crippen MR) is 118 cm³/mol. The average molecular weight is 446 g/mol. The standard InChI is InChI=1S/C22H19N7O2S/c30-20(14-27-12-6-18(26-27)16-4-8-23-9-5-16)28-10-2-11-29(28)22(31)19-15-32-21(25-19)17-3-1-7-24-13-17/h1,3-9,12-13,15H,2,10-11,14H2. The summed E-state index contributed by atoms with van der Waals surface area (Å²) >= 11 is 1.38. The van der Waals surface area contributed by atoms with Crippen molar-refractivity contribution in [2.75, 3.05) is 13.1 Å². The monoisotopic (exact) mass is 445 g/mol. The van der Waals surface area contributed by atoms with Crippen molar-refractivity contribution in [3.8, 4) is 21.8 Å². The molecule has 0 atom stereocenters. The molecule has 9 nitrogen and oxygen atoms in total. The molecule has 1 saturated heterocycles. The Bertz CT molecular complexity index is 1240. The molecule has 0 unspecified atom stereocenters. The maximum absolute atomic E-state index is 13.1. The molecule has 0 aliphatic carbocycles. The zero-order chi connectivity index (χ0) is 21.9. The largest absolute Gasteiger partial charge is 0.291 e. The lowest BCUT2D eigenvalue weighted by atomic mass is 10.2. The molecular formula is C22H19N7O2S. The zero-order valence-electron chi connectivity index (χ0n) is 17.0. The number of carbonyl (C=O) groups is 2. The van der Waals surface area contributed by atoms with Crippen LogP contribution in [-0.4, -0.2) is 59.7 Å². The van der Waals surface area contributed by atoms with E-state index >= 15 is 0 Å². The van der Waals surface area contributed by atoms with E-state index < -0.39 is 0 Å². The summed E-state index contributed by atoms with van der Waals surface area (Å²) in [6, 6.07) is 9.31. The Hall–Kier alpha value is -3.92. The molecule has 0 saturated carbocycles. The molecule has 4 aromatic heterocycles. The van der Waals surface area contributed by atoms with Crippen molar-refractivity contribution < 1.29 is 9.59 Å². The third-order valence-electron chi connectivity index (χ3n) is 5.10. The van der Waals surface area contributed by atoms with Crippen LogP contribution >= 0.6 is 11.3 Å². The number of rotatable bonds is 5. The number of hydrogen-bond acceptors (Lipinski definition) is 7. The van der Waals surface area contributed by atoms with Gasteiger partial charge in [0.05, 0.1) is 5.69 Å². The van der Waals surface area contributed by atoms with Crippen molar-refractivity contribution in [1.82, 2.24) is 34.8 Å². The van der Waals surface area contributed by atoms with Gasteiger partial charge in [-0.15, -0.1) is 11.3 Å². The lowest BCUT2D eigenvalue weighted by Gasteiger charge is -2.27. The second kappa shape index (κ2) is 8.67. The number of hydrazine groups is 1. The van der Waals surface area contributed by atoms with Crippen LogP contribution in [0.3, 0.4) is 0 Å². The number of amides is 2. The number of pyridine rings is 2. The van der Waals surface area contributed by atoms with Crippen molar-refractivity contribution in [1.29, 1.82) is 0 Å². The van der Waals surface area contributed by atoms with Crippen LogP contribution in [0, 0.1) is 0 Å². The summed E-state index contributed by atoms with van der Waals surface area (Å²) in [5.74, 6) is -0.469. The molecule has 160 valence electrons. The maximum atomic E-state index is 13.1. The van der Waals surface area contributed by atoms with Crippen LogP contribution in [0.5, 0.6) is 0 Å². The third-order valence-corrected chi connectivity index (χ3v) is 5.99. The highest BCUT2D eigenvalue weighted by molar-refractivity contribution is 7.13. The molecule has 32 heavy (non-hydrogen) atoms. The van der Waals surface area contributed by atoms with Crippen LogP contribution in [0.1, 0.15) is 16.9 Å². The van der Waals surface area contributed by atoms with E-state index in [-0.39, 0.29) is 18.4 Å². The zero-order valence-corrected chi connectivity index (χ0v) is 17.9. The Balaban J connectivity index is 1.28. The Morgan fingerprint density at radius 2 is 1.81 bits per heavy atom. The molecule has 5 heterocycles. The lowest BCUT2D eigenvalue weighted by molar-refractivity contribution is -0.141. The fraction of sp³-hybridized carbons (Fsp3) is 0.182. The van der Waals surface area contributed by atoms with Gasteiger partial charge in [-0.1, -0.05) is 0 Å². The van der Waals surface area contributed by atoms with Gasteiger partial charge in [-0.3, -0.25) is 24.2 Å². The molecule has 1 aliphatic rings. The Labute approximate surface area is 188 Å². The average Bonchev–Trinajstić information content (AvgIpc) is 3.60. The van der Waals surface area contributed by atoms with E-state index in [1.165, 1.54) is 21.4 Å². The first-order valence-electron chi connectivity index (χ1n) is 10.1. The summed E-state index contributed by atoms with van der Waals surface area (Å²) in [6.45, 7) is 1.02. The summed E-state index contributed by atoms with van der Waals surface area (Å²) in [7, 11) is 0. The molecule has 5 rings (SSSR count). The number of nitrogens with zero attached hydrogens (tertiary/aromatic N) is 7. The first-order chi connectivity index (χ1) is 15.7. The quantitative estimate of drug-likeness (QED) is 0.469. The van der Waals surface area contributed by atoms with Crippen molar-refractivity contribution >= 4 is 23.2 Å². The van der Waals surface area contributed by atoms with Crippen LogP contribution in [0.15, 0.2) is 66.7 Å². The van der Waals surface area contributed by atoms with Crippen molar-refractivity contribution in [3.05, 3.63) is 72.4 Å². The first kappa shape index (κ1) is 20.0. The van der Waals surface area contributed by atoms with Crippen LogP contribution in [0.4, 0.5) is 0 Å². The second-order valence-corrected chi connectivity index (χ2v) is 8.07. The van der Waals surface area contributed by atoms with Crippen molar-refractivity contribution in [2.45, 2.75) is 13.0 Å². The minimum absolute atomic E-state index is 0.0485. The summed E-state index contributed by atoms with van der Waals surface area (Å²) in [6.07, 6.45) is 9.28. The number of hydrogen-bond donors (Lipinski definition) is 0. The minimum atomic E-state index is -0.278. The Morgan fingerprint density at radius 1 is 0.969 bits per heavy atom. The van der Waals surface area contributed by atoms with Gasteiger partial charge < -0.3 is 0 Å². The molecule has 1 aliphatic heterocycles. The van der Waals surface area contributed by atoms with Gasteiger partial charge in [-0.2, -0.15) is 5.10 Å². The fourth-order valence-electron chi connectivity index (χ4n) is 3.55. The molecule has 4 aromatic rings. The van der Waals surface area contributed by atoms with Gasteiger partial charge in [0, 0.05) is 60.6 Å². The highest BCUT2D eigenvalue weighted by Crippen LogP contribution is 2.24. The maximum Gasteiger partial charge on any atom is 0.291 e. The van der Waals surface area contributed by atoms with E-state index in [1.807, 2.05) is 30.3 Å². The number of thiazole rings is 1. The van der Waals surface area contributed by atoms with Gasteiger partial charge in [-0.25, -0.2) is 15.0 Å². The van der Waals surface area contributed by atoms with Gasteiger partial charge in [0.2, 0.25) is 0 Å². The van der Waals surface area contributed by atoms with Crippen LogP contribution < -0.4 is 0 Å². The third kappa shape index (κ3) is 4.00. The van der Waals surface area contributed by atoms with Gasteiger partial charge in [0.15, 0.2) is 0 Å². The summed E-state index contributed by atoms with van der Waals surface area (Å²) in [5.41, 5.74) is 2.87. The fourth-order valence-corrected chi connectivity index (χ4v) is 4.34. The molecule has 0 radical (unpaired) electrons. The van der Waals surface area contributed by atoms with Crippen LogP contribution in [0.2, 0.25) is 0 Å². The van der Waals surface area contributed by atoms with Gasteiger partial charge >= 0.3 is 0 Å². The van der Waals surface area contributed by atoms with E-state index in [4.69, 9.17) is 0 Å². The topological polar surface area (TPSA) is 97.1 Å². The minimum Gasteiger partial charge on any atom is -0.271 e. The van der Waals surface area contributed by atoms with Gasteiger partial charge in [0.25, 0.3) is 11.8 Å². The predicted octanol–water partition coefficient (Wildman–Crippen LogP) is 2.75. The first-order valence-corrected chi connectivity index (χ1v) is 11.0. The van der Waals surface area contributed by atoms with Crippen LogP contribution in [0.25, 0.3) is 21.8 Å². The van der Waals surface area contributed by atoms with Crippen molar-refractivity contribution in [3.63, 3.8) is 0 Å². The second-order valence-electron chi connectivity index (χ2n) is 7.21. The molecule has 1 fully saturated rings. The Morgan fingerprint density at radius 3 is 2.62 bits per heavy atom. The number of aromatic nitrogens is 5. The lowest BCUT2D eigenvalue weighted by Crippen LogP contribution is -2.46. The van der Waals surface area contributed by atoms with Gasteiger partial charge in [-0.05, 0) is 36.8 Å². The van der Waals surface area contributed by atoms with E-state index in [1.54, 1.807) is 41.0 Å². The SMILES string of the molecule is O=C(Cn1ccc(-c2ccncc2)n1)N1CCCN1C(=O)c1csc(-c2cccnc2)n1. The van der Waals surface area contributed by atoms with Gasteiger partial charge in [0.1, 0.15) is 17.2 Å². The molecular weight excluding hydrogens is 426 g/mol. The molecule has 0 aromatic carbocycles. The highest BCUT2D eigenvalue weighted by Gasteiger charge is 2.32. The van der Waals surface area contributed by atoms with Crippen LogP contribution in [-0.2, 0) is 11.3 Å². The summed E-state index contributed by atoms with van der Waals surface area (Å²) in [5, 5.41) is 9.90. The van der Waals surface area contributed by atoms with E-state index in [9.17, 15) is 9.59 Å². The normalized spacial score (nSPS) is 13.5. The molecule has 0 N–H and O–H groups in total. The Kier molecular flexibility index (Phi) is 5.42. The molecule has 0 bridgehead atoms. The molecule has 10 heteroatoms. The van der Waals surface area contributed by atoms with E-state index in [2.05, 4.69) is 20.1 Å². The number of carbonyl (C=O) groups excluding carboxylic acids is 2. The molecule has 0 spiro atoms. The summed E-state index contributed by atoms with van der Waals surface area (Å²) < 4.78 is 1.59. The van der Waals surface area contributed by atoms with Crippen molar-refractivity contribution in [2.24, 2.45) is 0 Å². The molecule has 2 amide bonds. The van der Waals surface area contributed by atoms with E-state index in [0.29, 0.717) is 18.8 Å². The summed E-state index contributed by atoms with van der Waals surface area (Å²) in [4.78, 5) is 38.6. The van der Waals surface area contributed by atoms with E-state index in [0.717, 1.165) is 28.2 Å².